The van der Waals surface area contributed by atoms with Gasteiger partial charge in [-0.1, -0.05) is 23.2 Å². The molecule has 2 aromatic carbocycles. The normalized spacial score (nSPS) is 10.3. The van der Waals surface area contributed by atoms with Crippen molar-refractivity contribution in [3.63, 3.8) is 0 Å². The Morgan fingerprint density at radius 2 is 1.74 bits per heavy atom. The van der Waals surface area contributed by atoms with Gasteiger partial charge in [0.15, 0.2) is 0 Å². The molecule has 2 aromatic rings. The lowest BCUT2D eigenvalue weighted by Crippen LogP contribution is -2.13. The molecule has 0 atom stereocenters. The van der Waals surface area contributed by atoms with Gasteiger partial charge in [0.05, 0.1) is 16.9 Å². The van der Waals surface area contributed by atoms with Gasteiger partial charge in [-0.2, -0.15) is 0 Å². The number of anilines is 2. The highest BCUT2D eigenvalue weighted by Crippen LogP contribution is 2.26. The molecule has 0 aliphatic carbocycles. The fourth-order valence-electron chi connectivity index (χ4n) is 1.51. The zero-order valence-electron chi connectivity index (χ0n) is 9.58. The summed E-state index contributed by atoms with van der Waals surface area (Å²) < 4.78 is 0.616. The molecular weight excluding hydrogens is 351 g/mol. The summed E-state index contributed by atoms with van der Waals surface area (Å²) in [6.45, 7) is 0. The van der Waals surface area contributed by atoms with Gasteiger partial charge in [-0.15, -0.1) is 0 Å². The first-order chi connectivity index (χ1) is 8.97. The molecule has 0 aliphatic rings. The van der Waals surface area contributed by atoms with Gasteiger partial charge in [0.1, 0.15) is 0 Å². The topological polar surface area (TPSA) is 55.1 Å². The van der Waals surface area contributed by atoms with Crippen LogP contribution in [0.1, 0.15) is 10.4 Å². The number of nitrogens with two attached hydrogens (primary N) is 1. The number of carbonyl (C=O) groups excluding carboxylic acids is 1. The number of halogens is 3. The van der Waals surface area contributed by atoms with Crippen LogP contribution in [0.2, 0.25) is 10.0 Å². The minimum absolute atomic E-state index is 0.280. The molecule has 3 nitrogen and oxygen atoms in total. The molecular formula is C13H9BrCl2N2O. The molecule has 0 unspecified atom stereocenters. The van der Waals surface area contributed by atoms with Crippen LogP contribution in [0.5, 0.6) is 0 Å². The molecule has 0 saturated heterocycles. The molecule has 0 heterocycles. The van der Waals surface area contributed by atoms with Gasteiger partial charge in [0.2, 0.25) is 0 Å². The molecule has 0 aliphatic heterocycles. The zero-order valence-corrected chi connectivity index (χ0v) is 12.7. The highest BCUT2D eigenvalue weighted by molar-refractivity contribution is 9.10. The van der Waals surface area contributed by atoms with Crippen LogP contribution in [0.25, 0.3) is 0 Å². The molecule has 0 saturated carbocycles. The van der Waals surface area contributed by atoms with E-state index in [9.17, 15) is 4.79 Å². The second-order valence-electron chi connectivity index (χ2n) is 3.81. The minimum atomic E-state index is -0.280. The van der Waals surface area contributed by atoms with E-state index >= 15 is 0 Å². The van der Waals surface area contributed by atoms with Crippen LogP contribution in [0, 0.1) is 0 Å². The first-order valence-corrected chi connectivity index (χ1v) is 6.83. The molecule has 3 N–H and O–H groups in total. The lowest BCUT2D eigenvalue weighted by atomic mass is 10.2. The molecule has 1 amide bonds. The second-order valence-corrected chi connectivity index (χ2v) is 5.54. The van der Waals surface area contributed by atoms with Crippen molar-refractivity contribution >= 4 is 56.4 Å². The predicted octanol–water partition coefficient (Wildman–Crippen LogP) is 4.59. The first kappa shape index (κ1) is 14.2. The maximum atomic E-state index is 12.1. The first-order valence-electron chi connectivity index (χ1n) is 5.29. The van der Waals surface area contributed by atoms with Crippen LogP contribution in [-0.4, -0.2) is 5.91 Å². The third-order valence-corrected chi connectivity index (χ3v) is 3.56. The van der Waals surface area contributed by atoms with Crippen molar-refractivity contribution in [1.82, 2.24) is 0 Å². The van der Waals surface area contributed by atoms with E-state index in [2.05, 4.69) is 21.2 Å². The Labute approximate surface area is 128 Å². The van der Waals surface area contributed by atoms with Crippen LogP contribution in [0.15, 0.2) is 40.9 Å². The van der Waals surface area contributed by atoms with Crippen molar-refractivity contribution in [1.29, 1.82) is 0 Å². The van der Waals surface area contributed by atoms with Crippen molar-refractivity contribution < 1.29 is 4.79 Å². The number of hydrogen-bond acceptors (Lipinski definition) is 2. The zero-order chi connectivity index (χ0) is 14.0. The van der Waals surface area contributed by atoms with Gasteiger partial charge >= 0.3 is 0 Å². The SMILES string of the molecule is Nc1cc(Cl)ccc1NC(=O)c1ccc(Cl)cc1Br. The van der Waals surface area contributed by atoms with E-state index in [1.807, 2.05) is 0 Å². The fourth-order valence-corrected chi connectivity index (χ4v) is 2.55. The molecule has 0 fully saturated rings. The Bertz CT molecular complexity index is 647. The summed E-state index contributed by atoms with van der Waals surface area (Å²) in [5.41, 5.74) is 7.17. The Balaban J connectivity index is 2.25. The summed E-state index contributed by atoms with van der Waals surface area (Å²) in [4.78, 5) is 12.1. The third kappa shape index (κ3) is 3.41. The molecule has 0 aromatic heterocycles. The van der Waals surface area contributed by atoms with Crippen LogP contribution in [-0.2, 0) is 0 Å². The Morgan fingerprint density at radius 1 is 1.11 bits per heavy atom. The number of hydrogen-bond donors (Lipinski definition) is 2. The average Bonchev–Trinajstić information content (AvgIpc) is 2.32. The highest BCUT2D eigenvalue weighted by atomic mass is 79.9. The number of carbonyl (C=O) groups is 1. The largest absolute Gasteiger partial charge is 0.397 e. The van der Waals surface area contributed by atoms with Crippen molar-refractivity contribution in [2.24, 2.45) is 0 Å². The van der Waals surface area contributed by atoms with Crippen LogP contribution >= 0.6 is 39.1 Å². The standard InChI is InChI=1S/C13H9BrCl2N2O/c14-10-5-7(15)1-3-9(10)13(19)18-12-4-2-8(16)6-11(12)17/h1-6H,17H2,(H,18,19). The minimum Gasteiger partial charge on any atom is -0.397 e. The van der Waals surface area contributed by atoms with Crippen LogP contribution < -0.4 is 11.1 Å². The molecule has 2 rings (SSSR count). The van der Waals surface area contributed by atoms with Crippen molar-refractivity contribution in [3.8, 4) is 0 Å². The summed E-state index contributed by atoms with van der Waals surface area (Å²) in [6.07, 6.45) is 0. The lowest BCUT2D eigenvalue weighted by molar-refractivity contribution is 0.102. The van der Waals surface area contributed by atoms with Crippen molar-refractivity contribution in [2.75, 3.05) is 11.1 Å². The molecule has 0 bridgehead atoms. The number of nitrogens with one attached hydrogen (secondary N) is 1. The second kappa shape index (κ2) is 5.82. The Kier molecular flexibility index (Phi) is 4.34. The molecule has 19 heavy (non-hydrogen) atoms. The van der Waals surface area contributed by atoms with Gasteiger partial charge in [-0.25, -0.2) is 0 Å². The van der Waals surface area contributed by atoms with E-state index in [0.29, 0.717) is 31.5 Å². The van der Waals surface area contributed by atoms with Crippen LogP contribution in [0.4, 0.5) is 11.4 Å². The van der Waals surface area contributed by atoms with E-state index in [1.54, 1.807) is 36.4 Å². The molecule has 6 heteroatoms. The van der Waals surface area contributed by atoms with E-state index < -0.39 is 0 Å². The maximum Gasteiger partial charge on any atom is 0.256 e. The summed E-state index contributed by atoms with van der Waals surface area (Å²) in [6, 6.07) is 9.82. The van der Waals surface area contributed by atoms with Gasteiger partial charge in [0.25, 0.3) is 5.91 Å². The highest BCUT2D eigenvalue weighted by Gasteiger charge is 2.12. The third-order valence-electron chi connectivity index (χ3n) is 2.44. The number of nitrogen functional groups attached to an aromatic ring is 1. The van der Waals surface area contributed by atoms with E-state index in [1.165, 1.54) is 0 Å². The average molecular weight is 360 g/mol. The Morgan fingerprint density at radius 3 is 2.37 bits per heavy atom. The smallest absolute Gasteiger partial charge is 0.256 e. The number of amides is 1. The van der Waals surface area contributed by atoms with Crippen molar-refractivity contribution in [2.45, 2.75) is 0 Å². The van der Waals surface area contributed by atoms with E-state index in [4.69, 9.17) is 28.9 Å². The number of benzene rings is 2. The van der Waals surface area contributed by atoms with Crippen molar-refractivity contribution in [3.05, 3.63) is 56.5 Å². The van der Waals surface area contributed by atoms with Crippen LogP contribution in [0.3, 0.4) is 0 Å². The summed E-state index contributed by atoms with van der Waals surface area (Å²) >= 11 is 14.9. The summed E-state index contributed by atoms with van der Waals surface area (Å²) in [5.74, 6) is -0.280. The summed E-state index contributed by atoms with van der Waals surface area (Å²) in [5, 5.41) is 3.79. The molecule has 98 valence electrons. The van der Waals surface area contributed by atoms with Gasteiger partial charge < -0.3 is 11.1 Å². The maximum absolute atomic E-state index is 12.1. The lowest BCUT2D eigenvalue weighted by Gasteiger charge is -2.09. The van der Waals surface area contributed by atoms with E-state index in [-0.39, 0.29) is 5.91 Å². The molecule has 0 spiro atoms. The predicted molar refractivity (Wildman–Crippen MR) is 83.0 cm³/mol. The quantitative estimate of drug-likeness (QED) is 0.770. The summed E-state index contributed by atoms with van der Waals surface area (Å²) in [7, 11) is 0. The van der Waals surface area contributed by atoms with E-state index in [0.717, 1.165) is 0 Å². The Hall–Kier alpha value is -1.23. The monoisotopic (exact) mass is 358 g/mol. The van der Waals surface area contributed by atoms with Gasteiger partial charge in [-0.05, 0) is 52.3 Å². The van der Waals surface area contributed by atoms with Gasteiger partial charge in [-0.3, -0.25) is 4.79 Å². The fraction of sp³-hybridized carbons (Fsp3) is 0. The van der Waals surface area contributed by atoms with Gasteiger partial charge in [0, 0.05) is 14.5 Å². The number of rotatable bonds is 2. The molecule has 0 radical (unpaired) electrons.